The van der Waals surface area contributed by atoms with Crippen LogP contribution in [0.5, 0.6) is 0 Å². The number of amides is 1. The van der Waals surface area contributed by atoms with Crippen molar-refractivity contribution >= 4 is 43.8 Å². The van der Waals surface area contributed by atoms with Crippen LogP contribution in [0.4, 0.5) is 5.00 Å². The summed E-state index contributed by atoms with van der Waals surface area (Å²) < 4.78 is 2.93. The Morgan fingerprint density at radius 3 is 2.74 bits per heavy atom. The van der Waals surface area contributed by atoms with E-state index in [1.807, 2.05) is 17.7 Å². The van der Waals surface area contributed by atoms with Gasteiger partial charge in [-0.05, 0) is 30.2 Å². The van der Waals surface area contributed by atoms with Crippen LogP contribution in [0.3, 0.4) is 0 Å². The van der Waals surface area contributed by atoms with Crippen LogP contribution in [-0.4, -0.2) is 15.4 Å². The van der Waals surface area contributed by atoms with Crippen molar-refractivity contribution in [3.63, 3.8) is 0 Å². The normalized spacial score (nSPS) is 12.0. The van der Waals surface area contributed by atoms with Gasteiger partial charge in [0.05, 0.1) is 15.1 Å². The molecule has 0 N–H and O–H groups in total. The van der Waals surface area contributed by atoms with Gasteiger partial charge in [-0.1, -0.05) is 35.7 Å². The number of carbonyl (C=O) groups excluding carboxylic acids is 1. The van der Waals surface area contributed by atoms with Gasteiger partial charge in [-0.2, -0.15) is 4.99 Å². The summed E-state index contributed by atoms with van der Waals surface area (Å²) in [6, 6.07) is 8.94. The molecule has 3 aromatic rings. The van der Waals surface area contributed by atoms with Crippen molar-refractivity contribution in [3.8, 4) is 0 Å². The van der Waals surface area contributed by atoms with E-state index < -0.39 is 10.8 Å². The number of thiophene rings is 1. The van der Waals surface area contributed by atoms with E-state index in [1.54, 1.807) is 0 Å². The molecule has 0 aliphatic heterocycles. The van der Waals surface area contributed by atoms with Crippen LogP contribution in [-0.2, 0) is 13.5 Å². The molecule has 2 aromatic heterocycles. The van der Waals surface area contributed by atoms with Gasteiger partial charge in [-0.15, -0.1) is 0 Å². The number of carbonyl (C=O) groups is 1. The summed E-state index contributed by atoms with van der Waals surface area (Å²) in [5.41, 5.74) is 2.24. The molecule has 3 rings (SSSR count). The summed E-state index contributed by atoms with van der Waals surface area (Å²) >= 11 is 2.28. The first-order chi connectivity index (χ1) is 11.0. The lowest BCUT2D eigenvalue weighted by molar-refractivity contribution is -0.380. The second-order valence-corrected chi connectivity index (χ2v) is 6.98. The first-order valence-corrected chi connectivity index (χ1v) is 8.54. The molecule has 6 nitrogen and oxygen atoms in total. The lowest BCUT2D eigenvalue weighted by atomic mass is 10.2. The molecule has 8 heteroatoms. The number of aryl methyl sites for hydroxylation is 2. The summed E-state index contributed by atoms with van der Waals surface area (Å²) in [7, 11) is 1.85. The third-order valence-electron chi connectivity index (χ3n) is 3.46. The van der Waals surface area contributed by atoms with Gasteiger partial charge in [0.15, 0.2) is 4.80 Å². The van der Waals surface area contributed by atoms with Crippen molar-refractivity contribution in [2.45, 2.75) is 13.3 Å². The van der Waals surface area contributed by atoms with E-state index in [1.165, 1.54) is 29.0 Å². The highest BCUT2D eigenvalue weighted by Gasteiger charge is 2.15. The molecule has 0 spiro atoms. The van der Waals surface area contributed by atoms with Gasteiger partial charge in [-0.25, -0.2) is 0 Å². The summed E-state index contributed by atoms with van der Waals surface area (Å²) in [6.07, 6.45) is 0.946. The second-order valence-electron chi connectivity index (χ2n) is 4.91. The maximum Gasteiger partial charge on any atom is 0.324 e. The van der Waals surface area contributed by atoms with E-state index in [9.17, 15) is 14.9 Å². The van der Waals surface area contributed by atoms with E-state index in [0.717, 1.165) is 28.0 Å². The summed E-state index contributed by atoms with van der Waals surface area (Å²) in [5.74, 6) is -0.457. The SMILES string of the molecule is CCc1ccc2c(c1)sc(=NC(=O)c1ccc([N+](=O)[O-])s1)n2C. The molecule has 0 unspecified atom stereocenters. The Morgan fingerprint density at radius 1 is 1.30 bits per heavy atom. The number of hydrogen-bond acceptors (Lipinski definition) is 5. The monoisotopic (exact) mass is 347 g/mol. The molecule has 1 aromatic carbocycles. The van der Waals surface area contributed by atoms with E-state index in [2.05, 4.69) is 24.0 Å². The van der Waals surface area contributed by atoms with Crippen LogP contribution in [0.2, 0.25) is 0 Å². The lowest BCUT2D eigenvalue weighted by Gasteiger charge is -1.97. The number of rotatable bonds is 3. The van der Waals surface area contributed by atoms with E-state index in [4.69, 9.17) is 0 Å². The average Bonchev–Trinajstić information content (AvgIpc) is 3.13. The maximum absolute atomic E-state index is 12.2. The third kappa shape index (κ3) is 2.95. The molecule has 118 valence electrons. The fourth-order valence-corrected chi connectivity index (χ4v) is 3.97. The van der Waals surface area contributed by atoms with Gasteiger partial charge in [0.2, 0.25) is 0 Å². The third-order valence-corrected chi connectivity index (χ3v) is 5.58. The van der Waals surface area contributed by atoms with Crippen molar-refractivity contribution in [3.05, 3.63) is 55.7 Å². The smallest absolute Gasteiger partial charge is 0.319 e. The Kier molecular flexibility index (Phi) is 4.10. The first-order valence-electron chi connectivity index (χ1n) is 6.91. The number of nitrogens with zero attached hydrogens (tertiary/aromatic N) is 3. The lowest BCUT2D eigenvalue weighted by Crippen LogP contribution is -2.12. The van der Waals surface area contributed by atoms with Gasteiger partial charge in [0.1, 0.15) is 4.88 Å². The Labute approximate surface area is 139 Å². The van der Waals surface area contributed by atoms with Crippen molar-refractivity contribution in [2.24, 2.45) is 12.0 Å². The molecule has 0 fully saturated rings. The fraction of sp³-hybridized carbons (Fsp3) is 0.200. The average molecular weight is 347 g/mol. The van der Waals surface area contributed by atoms with Crippen LogP contribution < -0.4 is 4.80 Å². The molecule has 1 amide bonds. The van der Waals surface area contributed by atoms with Gasteiger partial charge >= 0.3 is 5.00 Å². The maximum atomic E-state index is 12.2. The number of thiazole rings is 1. The van der Waals surface area contributed by atoms with Crippen molar-refractivity contribution in [2.75, 3.05) is 0 Å². The zero-order valence-electron chi connectivity index (χ0n) is 12.5. The largest absolute Gasteiger partial charge is 0.324 e. The van der Waals surface area contributed by atoms with Crippen LogP contribution in [0.1, 0.15) is 22.2 Å². The minimum Gasteiger partial charge on any atom is -0.319 e. The van der Waals surface area contributed by atoms with Crippen LogP contribution in [0, 0.1) is 10.1 Å². The number of nitro groups is 1. The van der Waals surface area contributed by atoms with Gasteiger partial charge in [0, 0.05) is 13.1 Å². The van der Waals surface area contributed by atoms with Gasteiger partial charge in [-0.3, -0.25) is 14.9 Å². The molecule has 2 heterocycles. The summed E-state index contributed by atoms with van der Waals surface area (Å²) in [4.78, 5) is 27.4. The quantitative estimate of drug-likeness (QED) is 0.537. The number of aromatic nitrogens is 1. The number of hydrogen-bond donors (Lipinski definition) is 0. The predicted octanol–water partition coefficient (Wildman–Crippen LogP) is 3.51. The molecular weight excluding hydrogens is 334 g/mol. The molecule has 0 aliphatic carbocycles. The van der Waals surface area contributed by atoms with Crippen LogP contribution in [0.15, 0.2) is 35.3 Å². The van der Waals surface area contributed by atoms with Crippen molar-refractivity contribution in [1.29, 1.82) is 0 Å². The molecule has 0 radical (unpaired) electrons. The molecule has 0 aliphatic rings. The Hall–Kier alpha value is -2.32. The molecule has 0 saturated heterocycles. The van der Waals surface area contributed by atoms with Crippen LogP contribution >= 0.6 is 22.7 Å². The van der Waals surface area contributed by atoms with Crippen LogP contribution in [0.25, 0.3) is 10.2 Å². The highest BCUT2D eigenvalue weighted by Crippen LogP contribution is 2.24. The fourth-order valence-electron chi connectivity index (χ4n) is 2.19. The van der Waals surface area contributed by atoms with Gasteiger partial charge in [0.25, 0.3) is 5.91 Å². The summed E-state index contributed by atoms with van der Waals surface area (Å²) in [5, 5.41) is 10.6. The second kappa shape index (κ2) is 6.05. The van der Waals surface area contributed by atoms with Gasteiger partial charge < -0.3 is 4.57 Å². The molecular formula is C15H13N3O3S2. The minimum absolute atomic E-state index is 0.0585. The standard InChI is InChI=1S/C15H13N3O3S2/c1-3-9-4-5-10-12(8-9)23-15(17(10)2)16-14(19)11-6-7-13(22-11)18(20)21/h4-8H,3H2,1-2H3. The van der Waals surface area contributed by atoms with E-state index in [-0.39, 0.29) is 9.88 Å². The predicted molar refractivity (Wildman–Crippen MR) is 91.0 cm³/mol. The highest BCUT2D eigenvalue weighted by atomic mass is 32.1. The highest BCUT2D eigenvalue weighted by molar-refractivity contribution is 7.17. The van der Waals surface area contributed by atoms with E-state index in [0.29, 0.717) is 4.80 Å². The molecule has 0 bridgehead atoms. The first kappa shape index (κ1) is 15.6. The summed E-state index contributed by atoms with van der Waals surface area (Å²) in [6.45, 7) is 2.09. The van der Waals surface area contributed by atoms with Crippen molar-refractivity contribution in [1.82, 2.24) is 4.57 Å². The Morgan fingerprint density at radius 2 is 2.09 bits per heavy atom. The van der Waals surface area contributed by atoms with E-state index >= 15 is 0 Å². The molecule has 23 heavy (non-hydrogen) atoms. The van der Waals surface area contributed by atoms with Crippen molar-refractivity contribution < 1.29 is 9.72 Å². The number of benzene rings is 1. The Bertz CT molecular complexity index is 981. The Balaban J connectivity index is 2.04. The molecule has 0 atom stereocenters. The number of fused-ring (bicyclic) bond motifs is 1. The minimum atomic E-state index is -0.507. The molecule has 0 saturated carbocycles. The zero-order valence-corrected chi connectivity index (χ0v) is 14.1. The zero-order chi connectivity index (χ0) is 16.6. The topological polar surface area (TPSA) is 77.5 Å².